The molecule has 1 unspecified atom stereocenters. The summed E-state index contributed by atoms with van der Waals surface area (Å²) in [5.41, 5.74) is 0.609. The number of rotatable bonds is 6. The van der Waals surface area contributed by atoms with Crippen LogP contribution in [0.5, 0.6) is 11.5 Å². The first-order valence-corrected chi connectivity index (χ1v) is 8.31. The number of hydrogen-bond acceptors (Lipinski definition) is 5. The number of nitrogens with one attached hydrogen (secondary N) is 1. The Hall–Kier alpha value is -2.04. The van der Waals surface area contributed by atoms with E-state index in [-0.39, 0.29) is 11.7 Å². The van der Waals surface area contributed by atoms with Gasteiger partial charge in [-0.3, -0.25) is 4.79 Å². The van der Waals surface area contributed by atoms with E-state index < -0.39 is 5.91 Å². The molecule has 2 rings (SSSR count). The first-order chi connectivity index (χ1) is 11.6. The maximum Gasteiger partial charge on any atom is 0.262 e. The van der Waals surface area contributed by atoms with Gasteiger partial charge in [0.1, 0.15) is 23.1 Å². The van der Waals surface area contributed by atoms with Gasteiger partial charge in [0.2, 0.25) is 0 Å². The second-order valence-electron chi connectivity index (χ2n) is 5.24. The summed E-state index contributed by atoms with van der Waals surface area (Å²) in [6, 6.07) is 5.36. The van der Waals surface area contributed by atoms with Crippen LogP contribution >= 0.6 is 15.9 Å². The molecule has 0 bridgehead atoms. The number of ether oxygens (including phenoxy) is 3. The van der Waals surface area contributed by atoms with Crippen molar-refractivity contribution >= 4 is 27.9 Å². The molecule has 128 valence electrons. The Bertz CT molecular complexity index is 676. The zero-order valence-corrected chi connectivity index (χ0v) is 15.2. The van der Waals surface area contributed by atoms with Gasteiger partial charge in [-0.2, -0.15) is 5.26 Å². The van der Waals surface area contributed by atoms with Crippen LogP contribution in [-0.2, 0) is 9.53 Å². The molecule has 1 saturated heterocycles. The minimum atomic E-state index is -0.429. The molecule has 7 heteroatoms. The van der Waals surface area contributed by atoms with Crippen LogP contribution in [0.15, 0.2) is 22.2 Å². The van der Waals surface area contributed by atoms with Gasteiger partial charge in [-0.05, 0) is 40.9 Å². The van der Waals surface area contributed by atoms with Gasteiger partial charge in [-0.15, -0.1) is 0 Å². The van der Waals surface area contributed by atoms with E-state index in [0.29, 0.717) is 28.1 Å². The van der Waals surface area contributed by atoms with Crippen molar-refractivity contribution in [2.45, 2.75) is 18.9 Å². The fourth-order valence-corrected chi connectivity index (χ4v) is 2.93. The number of hydrogen-bond donors (Lipinski definition) is 1. The van der Waals surface area contributed by atoms with E-state index in [1.807, 2.05) is 6.07 Å². The number of nitriles is 1. The van der Waals surface area contributed by atoms with E-state index in [2.05, 4.69) is 21.2 Å². The third-order valence-electron chi connectivity index (χ3n) is 3.68. The highest BCUT2D eigenvalue weighted by Gasteiger charge is 2.18. The first-order valence-electron chi connectivity index (χ1n) is 7.52. The Morgan fingerprint density at radius 2 is 2.21 bits per heavy atom. The van der Waals surface area contributed by atoms with Crippen LogP contribution in [0.4, 0.5) is 0 Å². The lowest BCUT2D eigenvalue weighted by atomic mass is 10.1. The average molecular weight is 395 g/mol. The predicted molar refractivity (Wildman–Crippen MR) is 92.8 cm³/mol. The summed E-state index contributed by atoms with van der Waals surface area (Å²) < 4.78 is 16.7. The van der Waals surface area contributed by atoms with Crippen LogP contribution in [0, 0.1) is 11.3 Å². The third-order valence-corrected chi connectivity index (χ3v) is 4.30. The van der Waals surface area contributed by atoms with Gasteiger partial charge in [0, 0.05) is 24.8 Å². The van der Waals surface area contributed by atoms with E-state index in [1.54, 1.807) is 19.2 Å². The Balaban J connectivity index is 2.18. The van der Waals surface area contributed by atoms with E-state index in [1.165, 1.54) is 13.2 Å². The molecule has 6 nitrogen and oxygen atoms in total. The number of nitrogens with zero attached hydrogens (tertiary/aromatic N) is 1. The summed E-state index contributed by atoms with van der Waals surface area (Å²) in [5.74, 6) is 0.682. The van der Waals surface area contributed by atoms with Crippen molar-refractivity contribution in [3.05, 3.63) is 27.7 Å². The molecule has 1 aromatic rings. The van der Waals surface area contributed by atoms with E-state index in [4.69, 9.17) is 14.2 Å². The van der Waals surface area contributed by atoms with Crippen molar-refractivity contribution in [2.24, 2.45) is 0 Å². The number of carbonyl (C=O) groups is 1. The standard InChI is InChI=1S/C17H19BrN2O4/c1-22-15-8-16(23-2)14(18)7-11(15)6-12(9-19)17(21)20-10-13-4-3-5-24-13/h6-8,13H,3-5,10H2,1-2H3,(H,20,21). The van der Waals surface area contributed by atoms with Crippen molar-refractivity contribution in [3.63, 3.8) is 0 Å². The van der Waals surface area contributed by atoms with Gasteiger partial charge in [0.25, 0.3) is 5.91 Å². The zero-order chi connectivity index (χ0) is 17.5. The normalized spacial score (nSPS) is 17.2. The van der Waals surface area contributed by atoms with Crippen LogP contribution in [0.25, 0.3) is 6.08 Å². The molecule has 0 radical (unpaired) electrons. The lowest BCUT2D eigenvalue weighted by Crippen LogP contribution is -2.32. The highest BCUT2D eigenvalue weighted by molar-refractivity contribution is 9.10. The molecule has 0 saturated carbocycles. The molecule has 1 N–H and O–H groups in total. The van der Waals surface area contributed by atoms with Crippen LogP contribution in [0.2, 0.25) is 0 Å². The van der Waals surface area contributed by atoms with E-state index >= 15 is 0 Å². The van der Waals surface area contributed by atoms with Crippen molar-refractivity contribution in [1.82, 2.24) is 5.32 Å². The Labute approximate surface area is 149 Å². The molecule has 0 aliphatic carbocycles. The first kappa shape index (κ1) is 18.3. The Morgan fingerprint density at radius 3 is 2.79 bits per heavy atom. The monoisotopic (exact) mass is 394 g/mol. The van der Waals surface area contributed by atoms with Crippen molar-refractivity contribution in [2.75, 3.05) is 27.4 Å². The van der Waals surface area contributed by atoms with Gasteiger partial charge in [0.05, 0.1) is 24.8 Å². The highest BCUT2D eigenvalue weighted by Crippen LogP contribution is 2.34. The lowest BCUT2D eigenvalue weighted by Gasteiger charge is -2.12. The summed E-state index contributed by atoms with van der Waals surface area (Å²) in [6.45, 7) is 1.12. The molecule has 1 atom stereocenters. The molecular formula is C17H19BrN2O4. The van der Waals surface area contributed by atoms with Crippen molar-refractivity contribution in [1.29, 1.82) is 5.26 Å². The summed E-state index contributed by atoms with van der Waals surface area (Å²) in [6.07, 6.45) is 3.44. The molecule has 1 aliphatic rings. The molecular weight excluding hydrogens is 376 g/mol. The number of halogens is 1. The second kappa shape index (κ2) is 8.71. The predicted octanol–water partition coefficient (Wildman–Crippen LogP) is 2.67. The molecule has 1 aliphatic heterocycles. The van der Waals surface area contributed by atoms with Crippen molar-refractivity contribution < 1.29 is 19.0 Å². The SMILES string of the molecule is COc1cc(OC)c(C=C(C#N)C(=O)NCC2CCCO2)cc1Br. The van der Waals surface area contributed by atoms with E-state index in [0.717, 1.165) is 19.4 Å². The molecule has 0 aromatic heterocycles. The molecule has 24 heavy (non-hydrogen) atoms. The quantitative estimate of drug-likeness (QED) is 0.592. The van der Waals surface area contributed by atoms with Gasteiger partial charge in [0.15, 0.2) is 0 Å². The highest BCUT2D eigenvalue weighted by atomic mass is 79.9. The van der Waals surface area contributed by atoms with Crippen LogP contribution in [-0.4, -0.2) is 39.4 Å². The van der Waals surface area contributed by atoms with Gasteiger partial charge in [-0.25, -0.2) is 0 Å². The zero-order valence-electron chi connectivity index (χ0n) is 13.6. The Kier molecular flexibility index (Phi) is 6.64. The average Bonchev–Trinajstić information content (AvgIpc) is 3.11. The minimum Gasteiger partial charge on any atom is -0.496 e. The lowest BCUT2D eigenvalue weighted by molar-refractivity contribution is -0.117. The number of benzene rings is 1. The summed E-state index contributed by atoms with van der Waals surface area (Å²) in [7, 11) is 3.07. The molecule has 1 heterocycles. The fraction of sp³-hybridized carbons (Fsp3) is 0.412. The minimum absolute atomic E-state index is 0.00311. The number of carbonyl (C=O) groups excluding carboxylic acids is 1. The van der Waals surface area contributed by atoms with Gasteiger partial charge < -0.3 is 19.5 Å². The Morgan fingerprint density at radius 1 is 1.46 bits per heavy atom. The fourth-order valence-electron chi connectivity index (χ4n) is 2.41. The van der Waals surface area contributed by atoms with Crippen LogP contribution in [0.3, 0.4) is 0 Å². The largest absolute Gasteiger partial charge is 0.496 e. The number of methoxy groups -OCH3 is 2. The number of amides is 1. The third kappa shape index (κ3) is 4.49. The topological polar surface area (TPSA) is 80.6 Å². The molecule has 1 aromatic carbocycles. The van der Waals surface area contributed by atoms with Gasteiger partial charge >= 0.3 is 0 Å². The van der Waals surface area contributed by atoms with Crippen LogP contribution < -0.4 is 14.8 Å². The smallest absolute Gasteiger partial charge is 0.262 e. The van der Waals surface area contributed by atoms with Gasteiger partial charge in [-0.1, -0.05) is 0 Å². The summed E-state index contributed by atoms with van der Waals surface area (Å²) >= 11 is 3.39. The molecule has 1 fully saturated rings. The van der Waals surface area contributed by atoms with Crippen molar-refractivity contribution in [3.8, 4) is 17.6 Å². The summed E-state index contributed by atoms with van der Waals surface area (Å²) in [5, 5.41) is 12.0. The molecule has 1 amide bonds. The maximum atomic E-state index is 12.2. The van der Waals surface area contributed by atoms with Crippen LogP contribution in [0.1, 0.15) is 18.4 Å². The summed E-state index contributed by atoms with van der Waals surface area (Å²) in [4.78, 5) is 12.2. The molecule has 0 spiro atoms. The maximum absolute atomic E-state index is 12.2. The second-order valence-corrected chi connectivity index (χ2v) is 6.10. The van der Waals surface area contributed by atoms with E-state index in [9.17, 15) is 10.1 Å².